The molecule has 0 bridgehead atoms. The zero-order valence-electron chi connectivity index (χ0n) is 13.1. The van der Waals surface area contributed by atoms with Gasteiger partial charge >= 0.3 is 5.97 Å². The van der Waals surface area contributed by atoms with Crippen molar-refractivity contribution in [2.45, 2.75) is 46.1 Å². The molecule has 3 heteroatoms. The summed E-state index contributed by atoms with van der Waals surface area (Å²) in [7, 11) is 0. The molecule has 0 aliphatic carbocycles. The van der Waals surface area contributed by atoms with Crippen LogP contribution in [0.5, 0.6) is 0 Å². The number of aryl methyl sites for hydroxylation is 2. The van der Waals surface area contributed by atoms with Gasteiger partial charge in [-0.15, -0.1) is 0 Å². The van der Waals surface area contributed by atoms with E-state index in [1.165, 1.54) is 16.7 Å². The minimum absolute atomic E-state index is 0.0878. The number of esters is 1. The second-order valence-corrected chi connectivity index (χ2v) is 6.71. The van der Waals surface area contributed by atoms with E-state index in [-0.39, 0.29) is 17.8 Å². The number of nitrogens with one attached hydrogen (secondary N) is 1. The number of hydrogen-bond donors (Lipinski definition) is 1. The molecule has 110 valence electrons. The summed E-state index contributed by atoms with van der Waals surface area (Å²) in [6, 6.07) is 6.30. The van der Waals surface area contributed by atoms with E-state index in [1.54, 1.807) is 0 Å². The van der Waals surface area contributed by atoms with Gasteiger partial charge in [-0.3, -0.25) is 4.79 Å². The molecule has 0 amide bonds. The Labute approximate surface area is 121 Å². The molecule has 2 atom stereocenters. The highest BCUT2D eigenvalue weighted by Crippen LogP contribution is 2.34. The Balaban J connectivity index is 2.26. The summed E-state index contributed by atoms with van der Waals surface area (Å²) in [5, 5.41) is 3.34. The first-order valence-electron chi connectivity index (χ1n) is 7.29. The van der Waals surface area contributed by atoms with Gasteiger partial charge in [0, 0.05) is 19.0 Å². The molecule has 0 saturated carbocycles. The summed E-state index contributed by atoms with van der Waals surface area (Å²) in [5.41, 5.74) is 3.39. The number of ether oxygens (including phenoxy) is 1. The number of carbonyl (C=O) groups excluding carboxylic acids is 1. The van der Waals surface area contributed by atoms with Crippen molar-refractivity contribution in [3.63, 3.8) is 0 Å². The summed E-state index contributed by atoms with van der Waals surface area (Å²) >= 11 is 0. The van der Waals surface area contributed by atoms with E-state index in [0.29, 0.717) is 6.54 Å². The van der Waals surface area contributed by atoms with Gasteiger partial charge in [0.1, 0.15) is 5.60 Å². The highest BCUT2D eigenvalue weighted by molar-refractivity contribution is 5.75. The predicted octanol–water partition coefficient (Wildman–Crippen LogP) is 2.95. The Morgan fingerprint density at radius 2 is 1.80 bits per heavy atom. The largest absolute Gasteiger partial charge is 0.460 e. The van der Waals surface area contributed by atoms with Crippen LogP contribution in [-0.4, -0.2) is 24.7 Å². The van der Waals surface area contributed by atoms with Gasteiger partial charge in [0.15, 0.2) is 0 Å². The summed E-state index contributed by atoms with van der Waals surface area (Å²) in [5.74, 6) is 0.0372. The predicted molar refractivity (Wildman–Crippen MR) is 80.9 cm³/mol. The molecule has 1 heterocycles. The van der Waals surface area contributed by atoms with Crippen molar-refractivity contribution >= 4 is 5.97 Å². The SMILES string of the molecule is Cc1cccc(C)c1C1CNCC1C(=O)OC(C)(C)C. The van der Waals surface area contributed by atoms with E-state index >= 15 is 0 Å². The van der Waals surface area contributed by atoms with Gasteiger partial charge < -0.3 is 10.1 Å². The number of carbonyl (C=O) groups is 1. The molecule has 20 heavy (non-hydrogen) atoms. The average Bonchev–Trinajstić information content (AvgIpc) is 2.75. The summed E-state index contributed by atoms with van der Waals surface area (Å²) < 4.78 is 5.57. The van der Waals surface area contributed by atoms with Crippen LogP contribution in [0.25, 0.3) is 0 Å². The summed E-state index contributed by atoms with van der Waals surface area (Å²) in [6.45, 7) is 11.5. The van der Waals surface area contributed by atoms with Gasteiger partial charge in [0.05, 0.1) is 5.92 Å². The molecule has 0 aromatic heterocycles. The number of rotatable bonds is 2. The van der Waals surface area contributed by atoms with Crippen LogP contribution < -0.4 is 5.32 Å². The van der Waals surface area contributed by atoms with Crippen LogP contribution in [0.2, 0.25) is 0 Å². The van der Waals surface area contributed by atoms with Gasteiger partial charge in [-0.1, -0.05) is 18.2 Å². The first-order valence-corrected chi connectivity index (χ1v) is 7.29. The molecule has 1 saturated heterocycles. The molecular formula is C17H25NO2. The molecule has 1 aromatic carbocycles. The molecule has 1 aliphatic heterocycles. The quantitative estimate of drug-likeness (QED) is 0.843. The van der Waals surface area contributed by atoms with Gasteiger partial charge in [0.25, 0.3) is 0 Å². The monoisotopic (exact) mass is 275 g/mol. The minimum atomic E-state index is -0.426. The Kier molecular flexibility index (Phi) is 4.19. The highest BCUT2D eigenvalue weighted by Gasteiger charge is 2.37. The highest BCUT2D eigenvalue weighted by atomic mass is 16.6. The van der Waals surface area contributed by atoms with Crippen LogP contribution >= 0.6 is 0 Å². The van der Waals surface area contributed by atoms with Crippen LogP contribution in [0.4, 0.5) is 0 Å². The molecule has 1 aliphatic rings. The van der Waals surface area contributed by atoms with Crippen LogP contribution in [0.3, 0.4) is 0 Å². The van der Waals surface area contributed by atoms with Crippen molar-refractivity contribution in [1.29, 1.82) is 0 Å². The van der Waals surface area contributed by atoms with E-state index in [0.717, 1.165) is 6.54 Å². The van der Waals surface area contributed by atoms with Crippen molar-refractivity contribution in [3.8, 4) is 0 Å². The molecule has 1 aromatic rings. The van der Waals surface area contributed by atoms with Crippen LogP contribution in [-0.2, 0) is 9.53 Å². The van der Waals surface area contributed by atoms with E-state index in [1.807, 2.05) is 20.8 Å². The smallest absolute Gasteiger partial charge is 0.311 e. The van der Waals surface area contributed by atoms with E-state index in [9.17, 15) is 4.79 Å². The molecule has 0 radical (unpaired) electrons. The van der Waals surface area contributed by atoms with Crippen LogP contribution in [0.1, 0.15) is 43.4 Å². The zero-order valence-corrected chi connectivity index (χ0v) is 13.1. The second kappa shape index (κ2) is 5.57. The van der Waals surface area contributed by atoms with Gasteiger partial charge in [0.2, 0.25) is 0 Å². The van der Waals surface area contributed by atoms with Crippen molar-refractivity contribution in [2.24, 2.45) is 5.92 Å². The lowest BCUT2D eigenvalue weighted by atomic mass is 9.84. The molecule has 0 spiro atoms. The Morgan fingerprint density at radius 1 is 1.20 bits per heavy atom. The fourth-order valence-electron chi connectivity index (χ4n) is 3.02. The molecular weight excluding hydrogens is 250 g/mol. The fraction of sp³-hybridized carbons (Fsp3) is 0.588. The Bertz CT molecular complexity index is 482. The van der Waals surface area contributed by atoms with E-state index in [2.05, 4.69) is 37.4 Å². The molecule has 1 N–H and O–H groups in total. The molecule has 2 unspecified atom stereocenters. The third-order valence-electron chi connectivity index (χ3n) is 3.84. The number of benzene rings is 1. The fourth-order valence-corrected chi connectivity index (χ4v) is 3.02. The lowest BCUT2D eigenvalue weighted by Crippen LogP contribution is -2.32. The second-order valence-electron chi connectivity index (χ2n) is 6.71. The van der Waals surface area contributed by atoms with E-state index in [4.69, 9.17) is 4.74 Å². The minimum Gasteiger partial charge on any atom is -0.460 e. The van der Waals surface area contributed by atoms with Crippen molar-refractivity contribution < 1.29 is 9.53 Å². The first-order chi connectivity index (χ1) is 9.29. The summed E-state index contributed by atoms with van der Waals surface area (Å²) in [4.78, 5) is 12.4. The molecule has 1 fully saturated rings. The van der Waals surface area contributed by atoms with Gasteiger partial charge in [-0.2, -0.15) is 0 Å². The van der Waals surface area contributed by atoms with Gasteiger partial charge in [-0.05, 0) is 51.3 Å². The van der Waals surface area contributed by atoms with Crippen LogP contribution in [0, 0.1) is 19.8 Å². The maximum atomic E-state index is 12.4. The maximum Gasteiger partial charge on any atom is 0.311 e. The van der Waals surface area contributed by atoms with Crippen molar-refractivity contribution in [2.75, 3.05) is 13.1 Å². The van der Waals surface area contributed by atoms with Crippen molar-refractivity contribution in [1.82, 2.24) is 5.32 Å². The summed E-state index contributed by atoms with van der Waals surface area (Å²) in [6.07, 6.45) is 0. The van der Waals surface area contributed by atoms with Gasteiger partial charge in [-0.25, -0.2) is 0 Å². The lowest BCUT2D eigenvalue weighted by Gasteiger charge is -2.26. The molecule has 3 nitrogen and oxygen atoms in total. The average molecular weight is 275 g/mol. The van der Waals surface area contributed by atoms with E-state index < -0.39 is 5.60 Å². The third-order valence-corrected chi connectivity index (χ3v) is 3.84. The number of hydrogen-bond acceptors (Lipinski definition) is 3. The first kappa shape index (κ1) is 15.0. The van der Waals surface area contributed by atoms with Crippen LogP contribution in [0.15, 0.2) is 18.2 Å². The molecule has 2 rings (SSSR count). The van der Waals surface area contributed by atoms with Crippen molar-refractivity contribution in [3.05, 3.63) is 34.9 Å². The zero-order chi connectivity index (χ0) is 14.9. The third kappa shape index (κ3) is 3.21. The lowest BCUT2D eigenvalue weighted by molar-refractivity contribution is -0.159. The Hall–Kier alpha value is -1.35. The maximum absolute atomic E-state index is 12.4. The Morgan fingerprint density at radius 3 is 2.35 bits per heavy atom. The normalized spacial score (nSPS) is 22.9. The standard InChI is InChI=1S/C17H25NO2/c1-11-7-6-8-12(2)15(11)13-9-18-10-14(13)16(19)20-17(3,4)5/h6-8,13-14,18H,9-10H2,1-5H3. The topological polar surface area (TPSA) is 38.3 Å².